The average Bonchev–Trinajstić information content (AvgIpc) is 3.67. The number of fused-ring (bicyclic) bond motifs is 1. The van der Waals surface area contributed by atoms with E-state index < -0.39 is 0 Å². The number of ether oxygens (including phenoxy) is 1. The van der Waals surface area contributed by atoms with Gasteiger partial charge in [-0.25, -0.2) is 0 Å². The van der Waals surface area contributed by atoms with Crippen molar-refractivity contribution >= 4 is 23.0 Å². The Hall–Kier alpha value is -2.82. The van der Waals surface area contributed by atoms with Crippen LogP contribution in [-0.2, 0) is 4.79 Å². The summed E-state index contributed by atoms with van der Waals surface area (Å²) in [6.45, 7) is 4.00. The number of hydrogen-bond donors (Lipinski definition) is 1. The second-order valence-electron chi connectivity index (χ2n) is 9.87. The van der Waals surface area contributed by atoms with Gasteiger partial charge in [0.1, 0.15) is 5.82 Å². The van der Waals surface area contributed by atoms with E-state index in [1.54, 1.807) is 14.0 Å². The molecule has 5 heteroatoms. The molecule has 1 N–H and O–H groups in total. The minimum absolute atomic E-state index is 0.0761. The summed E-state index contributed by atoms with van der Waals surface area (Å²) in [5.41, 5.74) is 4.99. The van der Waals surface area contributed by atoms with E-state index in [0.29, 0.717) is 11.8 Å². The average molecular weight is 446 g/mol. The normalized spacial score (nSPS) is 25.0. The van der Waals surface area contributed by atoms with Crippen LogP contribution in [0.5, 0.6) is 5.88 Å². The Balaban J connectivity index is 1.59. The Labute approximate surface area is 197 Å². The van der Waals surface area contributed by atoms with Crippen LogP contribution in [0.1, 0.15) is 76.0 Å². The van der Waals surface area contributed by atoms with Gasteiger partial charge in [-0.3, -0.25) is 4.79 Å². The summed E-state index contributed by atoms with van der Waals surface area (Å²) in [4.78, 5) is 19.6. The fourth-order valence-corrected chi connectivity index (χ4v) is 5.81. The number of carbonyl (C=O) groups is 1. The van der Waals surface area contributed by atoms with E-state index in [2.05, 4.69) is 46.4 Å². The van der Waals surface area contributed by atoms with Crippen molar-refractivity contribution in [2.75, 3.05) is 17.3 Å². The third kappa shape index (κ3) is 4.38. The molecule has 2 heterocycles. The first-order chi connectivity index (χ1) is 16.1. The van der Waals surface area contributed by atoms with Gasteiger partial charge in [0.25, 0.3) is 0 Å². The maximum atomic E-state index is 12.9. The summed E-state index contributed by atoms with van der Waals surface area (Å²) in [5, 5.41) is 3.73. The van der Waals surface area contributed by atoms with Crippen molar-refractivity contribution in [2.24, 2.45) is 11.8 Å². The van der Waals surface area contributed by atoms with Crippen LogP contribution in [0.2, 0.25) is 0 Å². The van der Waals surface area contributed by atoms with Crippen LogP contribution >= 0.6 is 0 Å². The van der Waals surface area contributed by atoms with Gasteiger partial charge < -0.3 is 15.0 Å². The van der Waals surface area contributed by atoms with Gasteiger partial charge >= 0.3 is 0 Å². The standard InChI is InChI=1S/C28H35N3O2/c1-18-27(30-25-11-8-12-26(29-25)33-3)23-17-22(20-9-6-4-5-7-10-20)15-16-24(23)31(19(2)32)28(18)21-13-14-21/h8-9,11-12,15-18,21,27-28H,4-7,10,13-14H2,1-3H3,(H,29,30)/t18-,27-,28-/m1/s1. The van der Waals surface area contributed by atoms with Crippen molar-refractivity contribution < 1.29 is 9.53 Å². The Morgan fingerprint density at radius 3 is 2.76 bits per heavy atom. The lowest BCUT2D eigenvalue weighted by Crippen LogP contribution is -2.51. The summed E-state index contributed by atoms with van der Waals surface area (Å²) in [6, 6.07) is 12.9. The van der Waals surface area contributed by atoms with Gasteiger partial charge in [-0.15, -0.1) is 0 Å². The van der Waals surface area contributed by atoms with Gasteiger partial charge in [0, 0.05) is 30.6 Å². The zero-order chi connectivity index (χ0) is 22.9. The minimum atomic E-state index is 0.0761. The van der Waals surface area contributed by atoms with E-state index in [1.165, 1.54) is 48.8 Å². The molecule has 5 rings (SSSR count). The fourth-order valence-electron chi connectivity index (χ4n) is 5.81. The molecule has 2 aliphatic carbocycles. The fraction of sp³-hybridized carbons (Fsp3) is 0.500. The molecule has 0 spiro atoms. The zero-order valence-corrected chi connectivity index (χ0v) is 20.0. The molecule has 5 nitrogen and oxygen atoms in total. The lowest BCUT2D eigenvalue weighted by molar-refractivity contribution is -0.117. The lowest BCUT2D eigenvalue weighted by Gasteiger charge is -2.46. The van der Waals surface area contributed by atoms with Crippen molar-refractivity contribution in [3.63, 3.8) is 0 Å². The predicted octanol–water partition coefficient (Wildman–Crippen LogP) is 6.37. The monoisotopic (exact) mass is 445 g/mol. The maximum absolute atomic E-state index is 12.9. The summed E-state index contributed by atoms with van der Waals surface area (Å²) < 4.78 is 5.36. The van der Waals surface area contributed by atoms with Crippen molar-refractivity contribution in [1.29, 1.82) is 0 Å². The molecule has 2 aromatic rings. The highest BCUT2D eigenvalue weighted by atomic mass is 16.5. The molecule has 3 atom stereocenters. The molecule has 3 aliphatic rings. The van der Waals surface area contributed by atoms with Crippen molar-refractivity contribution in [3.8, 4) is 5.88 Å². The summed E-state index contributed by atoms with van der Waals surface area (Å²) in [6.07, 6.45) is 10.9. The van der Waals surface area contributed by atoms with Crippen molar-refractivity contribution in [1.82, 2.24) is 4.98 Å². The number of rotatable bonds is 5. The van der Waals surface area contributed by atoms with Crippen LogP contribution in [0.15, 0.2) is 42.5 Å². The van der Waals surface area contributed by atoms with E-state index in [-0.39, 0.29) is 23.9 Å². The molecule has 1 saturated carbocycles. The molecule has 0 radical (unpaired) electrons. The quantitative estimate of drug-likeness (QED) is 0.581. The first-order valence-electron chi connectivity index (χ1n) is 12.5. The molecule has 1 aromatic carbocycles. The number of pyridine rings is 1. The highest BCUT2D eigenvalue weighted by Gasteiger charge is 2.47. The van der Waals surface area contributed by atoms with E-state index in [1.807, 2.05) is 18.2 Å². The first kappa shape index (κ1) is 22.0. The number of anilines is 2. The number of hydrogen-bond acceptors (Lipinski definition) is 4. The number of benzene rings is 1. The van der Waals surface area contributed by atoms with Gasteiger partial charge in [0.2, 0.25) is 11.8 Å². The first-order valence-corrected chi connectivity index (χ1v) is 12.5. The van der Waals surface area contributed by atoms with Crippen LogP contribution in [0.4, 0.5) is 11.5 Å². The van der Waals surface area contributed by atoms with Gasteiger partial charge in [-0.1, -0.05) is 31.6 Å². The largest absolute Gasteiger partial charge is 0.481 e. The van der Waals surface area contributed by atoms with Crippen molar-refractivity contribution in [3.05, 3.63) is 53.6 Å². The molecule has 1 fully saturated rings. The Kier molecular flexibility index (Phi) is 6.13. The minimum Gasteiger partial charge on any atom is -0.481 e. The van der Waals surface area contributed by atoms with Crippen molar-refractivity contribution in [2.45, 2.75) is 70.9 Å². The third-order valence-corrected chi connectivity index (χ3v) is 7.58. The maximum Gasteiger partial charge on any atom is 0.224 e. The lowest BCUT2D eigenvalue weighted by atomic mass is 9.79. The molecule has 0 unspecified atom stereocenters. The number of carbonyl (C=O) groups excluding carboxylic acids is 1. The number of aromatic nitrogens is 1. The van der Waals surface area contributed by atoms with Gasteiger partial charge in [-0.2, -0.15) is 4.98 Å². The number of methoxy groups -OCH3 is 1. The highest BCUT2D eigenvalue weighted by molar-refractivity contribution is 5.94. The van der Waals surface area contributed by atoms with Gasteiger partial charge in [0.05, 0.1) is 13.2 Å². The number of amides is 1. The number of nitrogens with one attached hydrogen (secondary N) is 1. The molecular formula is C28H35N3O2. The summed E-state index contributed by atoms with van der Waals surface area (Å²) in [5.74, 6) is 2.38. The molecule has 174 valence electrons. The molecule has 1 amide bonds. The summed E-state index contributed by atoms with van der Waals surface area (Å²) >= 11 is 0. The smallest absolute Gasteiger partial charge is 0.224 e. The third-order valence-electron chi connectivity index (χ3n) is 7.58. The molecule has 0 saturated heterocycles. The zero-order valence-electron chi connectivity index (χ0n) is 20.0. The SMILES string of the molecule is COc1cccc(N[C@H]2c3cc(C4=CCCCCC4)ccc3N(C(C)=O)[C@@H](C3CC3)[C@@H]2C)n1. The summed E-state index contributed by atoms with van der Waals surface area (Å²) in [7, 11) is 1.64. The van der Waals surface area contributed by atoms with Crippen LogP contribution in [0.25, 0.3) is 5.57 Å². The van der Waals surface area contributed by atoms with Crippen LogP contribution < -0.4 is 15.0 Å². The van der Waals surface area contributed by atoms with Gasteiger partial charge in [0.15, 0.2) is 0 Å². The molecule has 0 bridgehead atoms. The second kappa shape index (κ2) is 9.20. The predicted molar refractivity (Wildman–Crippen MR) is 133 cm³/mol. The van der Waals surface area contributed by atoms with E-state index >= 15 is 0 Å². The highest BCUT2D eigenvalue weighted by Crippen LogP contribution is 2.50. The van der Waals surface area contributed by atoms with E-state index in [4.69, 9.17) is 4.74 Å². The number of allylic oxidation sites excluding steroid dienone is 2. The topological polar surface area (TPSA) is 54.5 Å². The Morgan fingerprint density at radius 2 is 2.00 bits per heavy atom. The van der Waals surface area contributed by atoms with E-state index in [9.17, 15) is 4.79 Å². The number of nitrogens with zero attached hydrogens (tertiary/aromatic N) is 2. The Morgan fingerprint density at radius 1 is 1.15 bits per heavy atom. The second-order valence-corrected chi connectivity index (χ2v) is 9.87. The molecule has 1 aromatic heterocycles. The van der Waals surface area contributed by atoms with E-state index in [0.717, 1.165) is 24.3 Å². The Bertz CT molecular complexity index is 1060. The van der Waals surface area contributed by atoms with Crippen LogP contribution in [0.3, 0.4) is 0 Å². The van der Waals surface area contributed by atoms with Crippen LogP contribution in [0, 0.1) is 11.8 Å². The molecular weight excluding hydrogens is 410 g/mol. The van der Waals surface area contributed by atoms with Crippen LogP contribution in [-0.4, -0.2) is 24.0 Å². The van der Waals surface area contributed by atoms with Gasteiger partial charge in [-0.05, 0) is 79.3 Å². The molecule has 33 heavy (non-hydrogen) atoms. The molecule has 1 aliphatic heterocycles.